The summed E-state index contributed by atoms with van der Waals surface area (Å²) in [5, 5.41) is 0. The zero-order valence-electron chi connectivity index (χ0n) is 7.76. The lowest BCUT2D eigenvalue weighted by molar-refractivity contribution is -0.125. The van der Waals surface area contributed by atoms with Crippen LogP contribution in [0.1, 0.15) is 0 Å². The van der Waals surface area contributed by atoms with E-state index in [4.69, 9.17) is 0 Å². The molecule has 14 heavy (non-hydrogen) atoms. The first-order valence-corrected chi connectivity index (χ1v) is 5.92. The Hall–Kier alpha value is -0.950. The summed E-state index contributed by atoms with van der Waals surface area (Å²) < 4.78 is 23.4. The summed E-state index contributed by atoms with van der Waals surface area (Å²) in [4.78, 5) is 22.2. The van der Waals surface area contributed by atoms with E-state index in [1.54, 1.807) is 0 Å². The summed E-state index contributed by atoms with van der Waals surface area (Å²) in [7, 11) is -3.18. The van der Waals surface area contributed by atoms with E-state index in [0.29, 0.717) is 0 Å². The molecule has 1 amide bonds. The van der Waals surface area contributed by atoms with Crippen molar-refractivity contribution in [3.05, 3.63) is 0 Å². The van der Waals surface area contributed by atoms with Gasteiger partial charge in [-0.3, -0.25) is 9.59 Å². The van der Waals surface area contributed by atoms with E-state index in [2.05, 4.69) is 0 Å². The molecule has 0 bridgehead atoms. The molecule has 0 spiro atoms. The van der Waals surface area contributed by atoms with Gasteiger partial charge in [-0.05, 0) is 0 Å². The van der Waals surface area contributed by atoms with Gasteiger partial charge >= 0.3 is 0 Å². The molecule has 0 N–H and O–H groups in total. The number of rotatable bonds is 2. The molecule has 0 saturated carbocycles. The Bertz CT molecular complexity index is 330. The normalized spacial score (nSPS) is 19.4. The largest absolute Gasteiger partial charge is 0.333 e. The number of hydrogen-bond donors (Lipinski definition) is 0. The maximum Gasteiger partial charge on any atom is 0.298 e. The highest BCUT2D eigenvalue weighted by atomic mass is 32.2. The first-order valence-electron chi connectivity index (χ1n) is 4.07. The Balaban J connectivity index is 2.55. The van der Waals surface area contributed by atoms with Crippen LogP contribution in [0.5, 0.6) is 0 Å². The van der Waals surface area contributed by atoms with Crippen LogP contribution in [-0.4, -0.2) is 62.3 Å². The maximum absolute atomic E-state index is 11.1. The second-order valence-corrected chi connectivity index (χ2v) is 5.04. The molecule has 79 valence electrons. The fourth-order valence-electron chi connectivity index (χ4n) is 1.29. The topological polar surface area (TPSA) is 74.8 Å². The van der Waals surface area contributed by atoms with Crippen LogP contribution in [0, 0.1) is 0 Å². The van der Waals surface area contributed by atoms with E-state index in [1.165, 1.54) is 15.5 Å². The lowest BCUT2D eigenvalue weighted by Gasteiger charge is -2.31. The van der Waals surface area contributed by atoms with Gasteiger partial charge in [0.05, 0.1) is 6.26 Å². The molecule has 1 fully saturated rings. The third-order valence-corrected chi connectivity index (χ3v) is 3.39. The van der Waals surface area contributed by atoms with Crippen LogP contribution in [0.2, 0.25) is 0 Å². The molecule has 7 heteroatoms. The number of amides is 1. The van der Waals surface area contributed by atoms with E-state index in [9.17, 15) is 18.0 Å². The fraction of sp³-hybridized carbons (Fsp3) is 0.714. The highest BCUT2D eigenvalue weighted by molar-refractivity contribution is 7.88. The van der Waals surface area contributed by atoms with Gasteiger partial charge in [0.15, 0.2) is 0 Å². The van der Waals surface area contributed by atoms with Gasteiger partial charge in [-0.2, -0.15) is 4.31 Å². The Morgan fingerprint density at radius 1 is 1.21 bits per heavy atom. The molecule has 6 nitrogen and oxygen atoms in total. The predicted octanol–water partition coefficient (Wildman–Crippen LogP) is -1.80. The van der Waals surface area contributed by atoms with Crippen molar-refractivity contribution in [1.82, 2.24) is 9.21 Å². The van der Waals surface area contributed by atoms with Gasteiger partial charge in [-0.15, -0.1) is 0 Å². The van der Waals surface area contributed by atoms with Crippen LogP contribution in [0.15, 0.2) is 0 Å². The summed E-state index contributed by atoms with van der Waals surface area (Å²) in [5.74, 6) is -0.710. The molecular weight excluding hydrogens is 208 g/mol. The van der Waals surface area contributed by atoms with Gasteiger partial charge in [-0.25, -0.2) is 8.42 Å². The fourth-order valence-corrected chi connectivity index (χ4v) is 2.11. The van der Waals surface area contributed by atoms with Crippen molar-refractivity contribution < 1.29 is 18.0 Å². The molecule has 1 aliphatic heterocycles. The van der Waals surface area contributed by atoms with Gasteiger partial charge in [-0.1, -0.05) is 0 Å². The number of nitrogens with zero attached hydrogens (tertiary/aromatic N) is 2. The molecule has 1 heterocycles. The van der Waals surface area contributed by atoms with Gasteiger partial charge in [0.1, 0.15) is 0 Å². The van der Waals surface area contributed by atoms with Gasteiger partial charge < -0.3 is 4.90 Å². The number of hydrogen-bond acceptors (Lipinski definition) is 4. The monoisotopic (exact) mass is 219 g/mol. The molecule has 0 aromatic carbocycles. The van der Waals surface area contributed by atoms with E-state index in [-0.39, 0.29) is 26.2 Å². The van der Waals surface area contributed by atoms with Crippen LogP contribution < -0.4 is 0 Å². The van der Waals surface area contributed by atoms with Crippen LogP contribution in [0.3, 0.4) is 0 Å². The van der Waals surface area contributed by atoms with Crippen LogP contribution in [0.25, 0.3) is 0 Å². The zero-order chi connectivity index (χ0) is 10.8. The van der Waals surface area contributed by atoms with Crippen LogP contribution in [-0.2, 0) is 19.6 Å². The van der Waals surface area contributed by atoms with Crippen molar-refractivity contribution in [2.24, 2.45) is 0 Å². The van der Waals surface area contributed by atoms with Crippen molar-refractivity contribution in [1.29, 1.82) is 0 Å². The molecule has 0 aromatic rings. The van der Waals surface area contributed by atoms with E-state index in [0.717, 1.165) is 6.26 Å². The minimum atomic E-state index is -3.18. The minimum absolute atomic E-state index is 0.242. The summed E-state index contributed by atoms with van der Waals surface area (Å²) in [6, 6.07) is 0. The summed E-state index contributed by atoms with van der Waals surface area (Å²) >= 11 is 0. The Kier molecular flexibility index (Phi) is 3.22. The second-order valence-electron chi connectivity index (χ2n) is 3.06. The predicted molar refractivity (Wildman–Crippen MR) is 48.7 cm³/mol. The smallest absolute Gasteiger partial charge is 0.298 e. The van der Waals surface area contributed by atoms with E-state index in [1.807, 2.05) is 0 Å². The Morgan fingerprint density at radius 2 is 1.71 bits per heavy atom. The average molecular weight is 219 g/mol. The maximum atomic E-state index is 11.1. The van der Waals surface area contributed by atoms with Crippen molar-refractivity contribution in [2.45, 2.75) is 0 Å². The van der Waals surface area contributed by atoms with Crippen LogP contribution in [0.4, 0.5) is 0 Å². The minimum Gasteiger partial charge on any atom is -0.333 e. The Morgan fingerprint density at radius 3 is 2.07 bits per heavy atom. The SMILES string of the molecule is CS(=O)(=O)N1CCN(C(=O)[C]=O)CC1. The summed E-state index contributed by atoms with van der Waals surface area (Å²) in [6.45, 7) is 0.987. The van der Waals surface area contributed by atoms with Gasteiger partial charge in [0.2, 0.25) is 10.0 Å². The third kappa shape index (κ3) is 2.52. The summed E-state index contributed by atoms with van der Waals surface area (Å²) in [5.41, 5.74) is 0. The van der Waals surface area contributed by atoms with Crippen molar-refractivity contribution in [3.63, 3.8) is 0 Å². The van der Waals surface area contributed by atoms with E-state index >= 15 is 0 Å². The zero-order valence-corrected chi connectivity index (χ0v) is 8.58. The molecule has 1 rings (SSSR count). The highest BCUT2D eigenvalue weighted by Gasteiger charge is 2.25. The first kappa shape index (κ1) is 11.1. The standard InChI is InChI=1S/C7H11N2O4S/c1-14(12,13)9-4-2-8(3-5-9)7(11)6-10/h2-5H2,1H3. The molecule has 0 aromatic heterocycles. The molecule has 1 aliphatic rings. The number of piperazine rings is 1. The lowest BCUT2D eigenvalue weighted by Crippen LogP contribution is -2.50. The van der Waals surface area contributed by atoms with Gasteiger partial charge in [0.25, 0.3) is 12.2 Å². The lowest BCUT2D eigenvalue weighted by atomic mass is 10.3. The number of carbonyl (C=O) groups excluding carboxylic acids is 2. The average Bonchev–Trinajstić information content (AvgIpc) is 2.15. The molecule has 0 unspecified atom stereocenters. The number of carbonyl (C=O) groups is 1. The molecular formula is C7H11N2O4S. The third-order valence-electron chi connectivity index (χ3n) is 2.08. The molecule has 0 atom stereocenters. The van der Waals surface area contributed by atoms with E-state index < -0.39 is 15.9 Å². The van der Waals surface area contributed by atoms with Crippen molar-refractivity contribution in [3.8, 4) is 0 Å². The number of sulfonamides is 1. The van der Waals surface area contributed by atoms with Crippen molar-refractivity contribution >= 4 is 22.2 Å². The highest BCUT2D eigenvalue weighted by Crippen LogP contribution is 2.05. The van der Waals surface area contributed by atoms with Crippen molar-refractivity contribution in [2.75, 3.05) is 32.4 Å². The van der Waals surface area contributed by atoms with Crippen LogP contribution >= 0.6 is 0 Å². The van der Waals surface area contributed by atoms with Gasteiger partial charge in [0, 0.05) is 26.2 Å². The second kappa shape index (κ2) is 4.05. The molecule has 0 aliphatic carbocycles. The quantitative estimate of drug-likeness (QED) is 0.513. The molecule has 1 saturated heterocycles. The first-order chi connectivity index (χ1) is 6.45. The molecule has 1 radical (unpaired) electrons. The Labute approximate surface area is 82.5 Å². The summed E-state index contributed by atoms with van der Waals surface area (Å²) in [6.07, 6.45) is 2.38.